The first-order valence-corrected chi connectivity index (χ1v) is 10.6. The number of benzene rings is 1. The lowest BCUT2D eigenvalue weighted by molar-refractivity contribution is -0.151. The number of hydrogen-bond acceptors (Lipinski definition) is 6. The lowest BCUT2D eigenvalue weighted by atomic mass is 10.3. The molecule has 0 aliphatic carbocycles. The minimum absolute atomic E-state index is 0.0587. The highest BCUT2D eigenvalue weighted by atomic mass is 35.5. The van der Waals surface area contributed by atoms with Gasteiger partial charge in [-0.3, -0.25) is 14.3 Å². The van der Waals surface area contributed by atoms with Gasteiger partial charge in [-0.25, -0.2) is 8.42 Å². The molecule has 0 fully saturated rings. The van der Waals surface area contributed by atoms with Gasteiger partial charge >= 0.3 is 5.97 Å². The van der Waals surface area contributed by atoms with Crippen LogP contribution in [0.25, 0.3) is 0 Å². The molecule has 0 aliphatic heterocycles. The first kappa shape index (κ1) is 23.1. The minimum Gasteiger partial charge on any atom is -0.452 e. The molecule has 1 aromatic carbocycles. The predicted octanol–water partition coefficient (Wildman–Crippen LogP) is 2.19. The van der Waals surface area contributed by atoms with Crippen molar-refractivity contribution in [1.29, 1.82) is 0 Å². The van der Waals surface area contributed by atoms with Crippen molar-refractivity contribution in [3.63, 3.8) is 0 Å². The summed E-state index contributed by atoms with van der Waals surface area (Å²) in [5.41, 5.74) is 1.88. The summed E-state index contributed by atoms with van der Waals surface area (Å²) in [5, 5.41) is 7.09. The van der Waals surface area contributed by atoms with E-state index in [0.29, 0.717) is 11.4 Å². The monoisotopic (exact) mass is 462 g/mol. The highest BCUT2D eigenvalue weighted by Crippen LogP contribution is 2.24. The Labute approximate surface area is 178 Å². The van der Waals surface area contributed by atoms with E-state index in [0.717, 1.165) is 11.8 Å². The van der Waals surface area contributed by atoms with Crippen molar-refractivity contribution in [2.75, 3.05) is 11.9 Å². The number of rotatable bonds is 7. The van der Waals surface area contributed by atoms with Crippen molar-refractivity contribution in [1.82, 2.24) is 14.5 Å². The van der Waals surface area contributed by atoms with Gasteiger partial charge in [0.15, 0.2) is 6.10 Å². The van der Waals surface area contributed by atoms with Crippen molar-refractivity contribution in [3.05, 3.63) is 39.6 Å². The van der Waals surface area contributed by atoms with E-state index in [1.807, 2.05) is 0 Å². The van der Waals surface area contributed by atoms with Gasteiger partial charge in [0.1, 0.15) is 6.54 Å². The average molecular weight is 463 g/mol. The normalized spacial score (nSPS) is 12.5. The Balaban J connectivity index is 1.94. The Morgan fingerprint density at radius 2 is 1.90 bits per heavy atom. The zero-order chi connectivity index (χ0) is 21.9. The molecule has 1 amide bonds. The molecule has 0 radical (unpaired) electrons. The van der Waals surface area contributed by atoms with Gasteiger partial charge in [-0.1, -0.05) is 23.2 Å². The molecule has 2 N–H and O–H groups in total. The van der Waals surface area contributed by atoms with Gasteiger partial charge in [0.05, 0.1) is 32.0 Å². The van der Waals surface area contributed by atoms with E-state index in [4.69, 9.17) is 27.9 Å². The number of aromatic nitrogens is 2. The average Bonchev–Trinajstić information content (AvgIpc) is 2.88. The zero-order valence-corrected chi connectivity index (χ0v) is 18.4. The molecular weight excluding hydrogens is 443 g/mol. The van der Waals surface area contributed by atoms with Crippen molar-refractivity contribution in [2.45, 2.75) is 31.8 Å². The summed E-state index contributed by atoms with van der Waals surface area (Å²) < 4.78 is 33.1. The first-order valence-electron chi connectivity index (χ1n) is 8.37. The van der Waals surface area contributed by atoms with Crippen LogP contribution in [0.15, 0.2) is 23.1 Å². The maximum absolute atomic E-state index is 12.3. The van der Waals surface area contributed by atoms with Crippen molar-refractivity contribution in [3.8, 4) is 0 Å². The van der Waals surface area contributed by atoms with E-state index in [9.17, 15) is 18.0 Å². The molecule has 1 heterocycles. The third-order valence-corrected chi connectivity index (χ3v) is 6.18. The molecule has 0 saturated carbocycles. The van der Waals surface area contributed by atoms with Crippen molar-refractivity contribution < 1.29 is 22.7 Å². The Morgan fingerprint density at radius 1 is 1.24 bits per heavy atom. The van der Waals surface area contributed by atoms with Gasteiger partial charge < -0.3 is 10.1 Å². The summed E-state index contributed by atoms with van der Waals surface area (Å²) in [5.74, 6) is -1.49. The van der Waals surface area contributed by atoms with E-state index >= 15 is 0 Å². The maximum Gasteiger partial charge on any atom is 0.321 e. The number of carbonyl (C=O) groups is 2. The van der Waals surface area contributed by atoms with Crippen LogP contribution in [0.1, 0.15) is 18.3 Å². The van der Waals surface area contributed by atoms with Crippen LogP contribution in [0.2, 0.25) is 10.0 Å². The van der Waals surface area contributed by atoms with E-state index < -0.39 is 34.5 Å². The Morgan fingerprint density at radius 3 is 2.45 bits per heavy atom. The van der Waals surface area contributed by atoms with Crippen LogP contribution in [0, 0.1) is 13.8 Å². The predicted molar refractivity (Wildman–Crippen MR) is 109 cm³/mol. The third kappa shape index (κ3) is 5.69. The Kier molecular flexibility index (Phi) is 7.28. The number of sulfonamides is 1. The van der Waals surface area contributed by atoms with E-state index in [-0.39, 0.29) is 14.9 Å². The number of nitrogens with zero attached hydrogens (tertiary/aromatic N) is 2. The standard InChI is InChI=1S/C17H20Cl2N4O5S/c1-9-16(10(2)23(4)22-9)21-17(25)11(3)28-15(24)8-20-29(26,27)12-5-6-13(18)14(19)7-12/h5-7,11,20H,8H2,1-4H3,(H,21,25). The molecule has 29 heavy (non-hydrogen) atoms. The second kappa shape index (κ2) is 9.12. The number of aryl methyl sites for hydroxylation is 2. The number of carbonyl (C=O) groups excluding carboxylic acids is 2. The smallest absolute Gasteiger partial charge is 0.321 e. The summed E-state index contributed by atoms with van der Waals surface area (Å²) in [4.78, 5) is 24.1. The minimum atomic E-state index is -4.01. The van der Waals surface area contributed by atoms with Crippen LogP contribution in [0.3, 0.4) is 0 Å². The van der Waals surface area contributed by atoms with Crippen LogP contribution < -0.4 is 10.0 Å². The number of ether oxygens (including phenoxy) is 1. The van der Waals surface area contributed by atoms with Gasteiger partial charge in [-0.2, -0.15) is 9.82 Å². The maximum atomic E-state index is 12.3. The lowest BCUT2D eigenvalue weighted by Gasteiger charge is -2.14. The van der Waals surface area contributed by atoms with Gasteiger partial charge in [-0.15, -0.1) is 0 Å². The third-order valence-electron chi connectivity index (χ3n) is 4.04. The number of halogens is 2. The van der Waals surface area contributed by atoms with E-state index in [1.165, 1.54) is 19.1 Å². The number of hydrogen-bond donors (Lipinski definition) is 2. The summed E-state index contributed by atoms with van der Waals surface area (Å²) in [7, 11) is -2.28. The highest BCUT2D eigenvalue weighted by molar-refractivity contribution is 7.89. The number of nitrogens with one attached hydrogen (secondary N) is 2. The highest BCUT2D eigenvalue weighted by Gasteiger charge is 2.22. The fraction of sp³-hybridized carbons (Fsp3) is 0.353. The van der Waals surface area contributed by atoms with Crippen LogP contribution in [0.5, 0.6) is 0 Å². The van der Waals surface area contributed by atoms with Gasteiger partial charge in [0.2, 0.25) is 10.0 Å². The number of anilines is 1. The molecule has 12 heteroatoms. The molecule has 158 valence electrons. The van der Waals surface area contributed by atoms with E-state index in [1.54, 1.807) is 25.6 Å². The summed E-state index contributed by atoms with van der Waals surface area (Å²) in [6, 6.07) is 3.73. The number of amides is 1. The molecule has 0 spiro atoms. The van der Waals surface area contributed by atoms with Crippen molar-refractivity contribution >= 4 is 50.8 Å². The molecule has 2 aromatic rings. The topological polar surface area (TPSA) is 119 Å². The fourth-order valence-electron chi connectivity index (χ4n) is 2.35. The molecule has 1 aromatic heterocycles. The molecular formula is C17H20Cl2N4O5S. The van der Waals surface area contributed by atoms with Crippen molar-refractivity contribution in [2.24, 2.45) is 7.05 Å². The molecule has 0 aliphatic rings. The second-order valence-corrected chi connectivity index (χ2v) is 8.77. The summed E-state index contributed by atoms with van der Waals surface area (Å²) in [6.07, 6.45) is -1.14. The largest absolute Gasteiger partial charge is 0.452 e. The fourth-order valence-corrected chi connectivity index (χ4v) is 3.71. The summed E-state index contributed by atoms with van der Waals surface area (Å²) in [6.45, 7) is 4.23. The van der Waals surface area contributed by atoms with E-state index in [2.05, 4.69) is 15.1 Å². The number of esters is 1. The van der Waals surface area contributed by atoms with Gasteiger partial charge in [-0.05, 0) is 39.0 Å². The molecule has 1 atom stereocenters. The van der Waals surface area contributed by atoms with Crippen LogP contribution in [-0.2, 0) is 31.4 Å². The zero-order valence-electron chi connectivity index (χ0n) is 16.1. The lowest BCUT2D eigenvalue weighted by Crippen LogP contribution is -2.36. The SMILES string of the molecule is Cc1nn(C)c(C)c1NC(=O)C(C)OC(=O)CNS(=O)(=O)c1ccc(Cl)c(Cl)c1. The Hall–Kier alpha value is -2.14. The molecule has 1 unspecified atom stereocenters. The molecule has 9 nitrogen and oxygen atoms in total. The molecule has 0 bridgehead atoms. The van der Waals surface area contributed by atoms with Gasteiger partial charge in [0, 0.05) is 7.05 Å². The summed E-state index contributed by atoms with van der Waals surface area (Å²) >= 11 is 11.6. The van der Waals surface area contributed by atoms with Crippen LogP contribution in [0.4, 0.5) is 5.69 Å². The second-order valence-electron chi connectivity index (χ2n) is 6.19. The van der Waals surface area contributed by atoms with Crippen LogP contribution in [-0.4, -0.2) is 42.7 Å². The van der Waals surface area contributed by atoms with Crippen LogP contribution >= 0.6 is 23.2 Å². The Bertz CT molecular complexity index is 1050. The molecule has 2 rings (SSSR count). The molecule has 0 saturated heterocycles. The quantitative estimate of drug-likeness (QED) is 0.608. The van der Waals surface area contributed by atoms with Gasteiger partial charge in [0.25, 0.3) is 5.91 Å². The first-order chi connectivity index (χ1) is 13.4.